The number of hydrogen-bond donors (Lipinski definition) is 0. The fourth-order valence-electron chi connectivity index (χ4n) is 1.95. The zero-order valence-electron chi connectivity index (χ0n) is 9.59. The van der Waals surface area contributed by atoms with E-state index in [9.17, 15) is 0 Å². The van der Waals surface area contributed by atoms with Crippen molar-refractivity contribution in [2.75, 3.05) is 20.1 Å². The van der Waals surface area contributed by atoms with Gasteiger partial charge in [0.1, 0.15) is 0 Å². The lowest BCUT2D eigenvalue weighted by molar-refractivity contribution is 0.110. The highest BCUT2D eigenvalue weighted by Gasteiger charge is 2.26. The molecule has 1 heteroatoms. The third-order valence-corrected chi connectivity index (χ3v) is 2.99. The van der Waals surface area contributed by atoms with Crippen LogP contribution < -0.4 is 0 Å². The van der Waals surface area contributed by atoms with Crippen LogP contribution in [-0.4, -0.2) is 25.0 Å². The minimum Gasteiger partial charge on any atom is -0.306 e. The highest BCUT2D eigenvalue weighted by atomic mass is 15.1. The van der Waals surface area contributed by atoms with Crippen LogP contribution in [0.3, 0.4) is 0 Å². The summed E-state index contributed by atoms with van der Waals surface area (Å²) in [6.45, 7) is 13.7. The zero-order chi connectivity index (χ0) is 9.72. The fourth-order valence-corrected chi connectivity index (χ4v) is 1.95. The molecule has 1 fully saturated rings. The van der Waals surface area contributed by atoms with Crippen molar-refractivity contribution in [1.82, 2.24) is 4.90 Å². The molecule has 2 atom stereocenters. The van der Waals surface area contributed by atoms with Crippen LogP contribution in [0.5, 0.6) is 0 Å². The molecule has 1 aliphatic rings. The lowest BCUT2D eigenvalue weighted by Gasteiger charge is -2.37. The Bertz CT molecular complexity index is 99.6. The molecule has 0 aromatic heterocycles. The van der Waals surface area contributed by atoms with Crippen molar-refractivity contribution < 1.29 is 0 Å². The van der Waals surface area contributed by atoms with Crippen molar-refractivity contribution >= 4 is 0 Å². The molecule has 0 aromatic carbocycles. The van der Waals surface area contributed by atoms with Gasteiger partial charge in [-0.1, -0.05) is 34.6 Å². The topological polar surface area (TPSA) is 3.24 Å². The van der Waals surface area contributed by atoms with Crippen LogP contribution in [0.25, 0.3) is 0 Å². The maximum Gasteiger partial charge on any atom is 0.000674 e. The Labute approximate surface area is 78.1 Å². The lowest BCUT2D eigenvalue weighted by atomic mass is 9.81. The molecule has 12 heavy (non-hydrogen) atoms. The molecule has 0 amide bonds. The molecule has 1 heterocycles. The second kappa shape index (κ2) is 5.58. The number of piperidine rings is 1. The summed E-state index contributed by atoms with van der Waals surface area (Å²) in [7, 11) is 2.22. The summed E-state index contributed by atoms with van der Waals surface area (Å²) in [4.78, 5) is 2.44. The number of nitrogens with zero attached hydrogens (tertiary/aromatic N) is 1. The van der Waals surface area contributed by atoms with Crippen LogP contribution in [0.15, 0.2) is 0 Å². The Morgan fingerprint density at radius 2 is 1.25 bits per heavy atom. The van der Waals surface area contributed by atoms with E-state index >= 15 is 0 Å². The van der Waals surface area contributed by atoms with Crippen LogP contribution in [-0.2, 0) is 0 Å². The largest absolute Gasteiger partial charge is 0.306 e. The minimum absolute atomic E-state index is 0.883. The van der Waals surface area contributed by atoms with Crippen molar-refractivity contribution in [1.29, 1.82) is 0 Å². The quantitative estimate of drug-likeness (QED) is 0.542. The Morgan fingerprint density at radius 3 is 1.58 bits per heavy atom. The van der Waals surface area contributed by atoms with Crippen LogP contribution in [0.1, 0.15) is 34.6 Å². The second-order valence-electron chi connectivity index (χ2n) is 4.03. The van der Waals surface area contributed by atoms with Crippen molar-refractivity contribution in [3.8, 4) is 0 Å². The normalized spacial score (nSPS) is 32.5. The first-order valence-corrected chi connectivity index (χ1v) is 5.29. The van der Waals surface area contributed by atoms with Gasteiger partial charge in [-0.3, -0.25) is 0 Å². The van der Waals surface area contributed by atoms with Crippen molar-refractivity contribution in [3.63, 3.8) is 0 Å². The van der Waals surface area contributed by atoms with Gasteiger partial charge in [0.2, 0.25) is 0 Å². The Hall–Kier alpha value is -0.0400. The first kappa shape index (κ1) is 12.0. The molecular formula is C11H25N. The van der Waals surface area contributed by atoms with E-state index in [0.29, 0.717) is 0 Å². The summed E-state index contributed by atoms with van der Waals surface area (Å²) in [5.41, 5.74) is 0. The average molecular weight is 171 g/mol. The van der Waals surface area contributed by atoms with Gasteiger partial charge in [0, 0.05) is 13.1 Å². The molecule has 1 rings (SSSR count). The second-order valence-corrected chi connectivity index (χ2v) is 4.03. The SMILES string of the molecule is CC.CC1[C@H](C)CN(C)C[C@H]1C. The van der Waals surface area contributed by atoms with Crippen LogP contribution in [0, 0.1) is 17.8 Å². The van der Waals surface area contributed by atoms with E-state index in [4.69, 9.17) is 0 Å². The molecule has 0 saturated carbocycles. The van der Waals surface area contributed by atoms with Gasteiger partial charge in [-0.2, -0.15) is 0 Å². The van der Waals surface area contributed by atoms with E-state index in [2.05, 4.69) is 32.7 Å². The van der Waals surface area contributed by atoms with Crippen LogP contribution in [0.2, 0.25) is 0 Å². The molecular weight excluding hydrogens is 146 g/mol. The van der Waals surface area contributed by atoms with Crippen molar-refractivity contribution in [2.45, 2.75) is 34.6 Å². The smallest absolute Gasteiger partial charge is 0.000674 e. The van der Waals surface area contributed by atoms with Gasteiger partial charge in [0.05, 0.1) is 0 Å². The Balaban J connectivity index is 0.000000561. The molecule has 0 spiro atoms. The van der Waals surface area contributed by atoms with Crippen LogP contribution in [0.4, 0.5) is 0 Å². The predicted molar refractivity (Wildman–Crippen MR) is 56.3 cm³/mol. The van der Waals surface area contributed by atoms with Crippen molar-refractivity contribution in [2.24, 2.45) is 17.8 Å². The van der Waals surface area contributed by atoms with Gasteiger partial charge in [-0.25, -0.2) is 0 Å². The van der Waals surface area contributed by atoms with E-state index in [0.717, 1.165) is 17.8 Å². The molecule has 1 nitrogen and oxygen atoms in total. The highest BCUT2D eigenvalue weighted by Crippen LogP contribution is 2.26. The van der Waals surface area contributed by atoms with E-state index in [-0.39, 0.29) is 0 Å². The standard InChI is InChI=1S/C9H19N.C2H6/c1-7-5-10(4)6-8(2)9(7)3;1-2/h7-9H,5-6H2,1-4H3;1-2H3/t7-,8-;/m1./s1. The summed E-state index contributed by atoms with van der Waals surface area (Å²) in [5, 5.41) is 0. The molecule has 74 valence electrons. The number of likely N-dealkylation sites (tertiary alicyclic amines) is 1. The van der Waals surface area contributed by atoms with E-state index in [1.165, 1.54) is 13.1 Å². The summed E-state index contributed by atoms with van der Waals surface area (Å²) >= 11 is 0. The Kier molecular flexibility index (Phi) is 5.56. The first-order valence-electron chi connectivity index (χ1n) is 5.29. The molecule has 0 aromatic rings. The maximum absolute atomic E-state index is 2.44. The first-order chi connectivity index (χ1) is 5.61. The molecule has 0 bridgehead atoms. The number of rotatable bonds is 0. The zero-order valence-corrected chi connectivity index (χ0v) is 9.59. The summed E-state index contributed by atoms with van der Waals surface area (Å²) in [6, 6.07) is 0. The summed E-state index contributed by atoms with van der Waals surface area (Å²) in [6.07, 6.45) is 0. The molecule has 0 radical (unpaired) electrons. The Morgan fingerprint density at radius 1 is 0.917 bits per heavy atom. The van der Waals surface area contributed by atoms with E-state index < -0.39 is 0 Å². The van der Waals surface area contributed by atoms with Gasteiger partial charge in [-0.05, 0) is 24.8 Å². The molecule has 0 unspecified atom stereocenters. The monoisotopic (exact) mass is 171 g/mol. The van der Waals surface area contributed by atoms with Crippen molar-refractivity contribution in [3.05, 3.63) is 0 Å². The van der Waals surface area contributed by atoms with E-state index in [1.54, 1.807) is 0 Å². The molecule has 0 aliphatic carbocycles. The highest BCUT2D eigenvalue weighted by molar-refractivity contribution is 4.77. The summed E-state index contributed by atoms with van der Waals surface area (Å²) < 4.78 is 0. The maximum atomic E-state index is 2.44. The summed E-state index contributed by atoms with van der Waals surface area (Å²) in [5.74, 6) is 2.68. The van der Waals surface area contributed by atoms with Gasteiger partial charge in [0.25, 0.3) is 0 Å². The predicted octanol–water partition coefficient (Wildman–Crippen LogP) is 2.87. The van der Waals surface area contributed by atoms with E-state index in [1.807, 2.05) is 13.8 Å². The molecule has 0 N–H and O–H groups in total. The van der Waals surface area contributed by atoms with Gasteiger partial charge in [-0.15, -0.1) is 0 Å². The fraction of sp³-hybridized carbons (Fsp3) is 1.00. The molecule has 1 saturated heterocycles. The van der Waals surface area contributed by atoms with Gasteiger partial charge in [0.15, 0.2) is 0 Å². The third-order valence-electron chi connectivity index (χ3n) is 2.99. The lowest BCUT2D eigenvalue weighted by Crippen LogP contribution is -2.41. The molecule has 1 aliphatic heterocycles. The number of hydrogen-bond acceptors (Lipinski definition) is 1. The minimum atomic E-state index is 0.883. The average Bonchev–Trinajstić information content (AvgIpc) is 2.04. The third kappa shape index (κ3) is 3.14. The van der Waals surface area contributed by atoms with Crippen LogP contribution >= 0.6 is 0 Å². The van der Waals surface area contributed by atoms with Gasteiger partial charge < -0.3 is 4.90 Å². The van der Waals surface area contributed by atoms with Gasteiger partial charge >= 0.3 is 0 Å².